The van der Waals surface area contributed by atoms with Crippen LogP contribution in [0, 0.1) is 0 Å². The summed E-state index contributed by atoms with van der Waals surface area (Å²) in [6, 6.07) is 9.71. The molecule has 0 spiro atoms. The molecule has 1 fully saturated rings. The van der Waals surface area contributed by atoms with E-state index in [0.717, 1.165) is 18.4 Å². The number of hydrogen-bond acceptors (Lipinski definition) is 6. The highest BCUT2D eigenvalue weighted by Gasteiger charge is 2.26. The average molecular weight is 435 g/mol. The van der Waals surface area contributed by atoms with Crippen molar-refractivity contribution in [3.05, 3.63) is 47.5 Å². The Bertz CT molecular complexity index is 974. The topological polar surface area (TPSA) is 94.2 Å². The van der Waals surface area contributed by atoms with E-state index in [2.05, 4.69) is 5.32 Å². The smallest absolute Gasteiger partial charge is 0.251 e. The molecule has 0 saturated carbocycles. The van der Waals surface area contributed by atoms with Gasteiger partial charge in [0.25, 0.3) is 5.91 Å². The minimum atomic E-state index is -3.45. The van der Waals surface area contributed by atoms with Gasteiger partial charge in [0, 0.05) is 25.2 Å². The molecule has 30 heavy (non-hydrogen) atoms. The standard InChI is InChI=1S/C21H26N2O6S/c1-27-18-12-16(13-19(28-2)20(18)29-3)21(24)22-14-15-6-8-17(9-7-15)30(25,26)23-10-4-5-11-23/h6-9,12-13H,4-5,10-11,14H2,1-3H3,(H,22,24). The Kier molecular flexibility index (Phi) is 6.84. The summed E-state index contributed by atoms with van der Waals surface area (Å²) in [5.74, 6) is 0.867. The Hall–Kier alpha value is -2.78. The maximum atomic E-state index is 12.6. The molecule has 1 aliphatic rings. The van der Waals surface area contributed by atoms with E-state index in [4.69, 9.17) is 14.2 Å². The number of methoxy groups -OCH3 is 3. The zero-order valence-electron chi connectivity index (χ0n) is 17.3. The maximum Gasteiger partial charge on any atom is 0.251 e. The molecular formula is C21H26N2O6S. The Morgan fingerprint density at radius 1 is 0.967 bits per heavy atom. The van der Waals surface area contributed by atoms with Crippen LogP contribution in [0.5, 0.6) is 17.2 Å². The number of hydrogen-bond donors (Lipinski definition) is 1. The van der Waals surface area contributed by atoms with Crippen LogP contribution in [0.2, 0.25) is 0 Å². The van der Waals surface area contributed by atoms with E-state index in [9.17, 15) is 13.2 Å². The summed E-state index contributed by atoms with van der Waals surface area (Å²) >= 11 is 0. The number of carbonyl (C=O) groups is 1. The van der Waals surface area contributed by atoms with Crippen LogP contribution in [-0.4, -0.2) is 53.0 Å². The second-order valence-corrected chi connectivity index (χ2v) is 8.79. The number of benzene rings is 2. The summed E-state index contributed by atoms with van der Waals surface area (Å²) in [4.78, 5) is 12.9. The van der Waals surface area contributed by atoms with Gasteiger partial charge in [-0.3, -0.25) is 4.79 Å². The monoisotopic (exact) mass is 434 g/mol. The number of nitrogens with zero attached hydrogens (tertiary/aromatic N) is 1. The van der Waals surface area contributed by atoms with Crippen molar-refractivity contribution < 1.29 is 27.4 Å². The average Bonchev–Trinajstić information content (AvgIpc) is 3.32. The van der Waals surface area contributed by atoms with Crippen molar-refractivity contribution in [2.45, 2.75) is 24.3 Å². The van der Waals surface area contributed by atoms with Crippen molar-refractivity contribution in [1.82, 2.24) is 9.62 Å². The van der Waals surface area contributed by atoms with Crippen LogP contribution in [0.25, 0.3) is 0 Å². The predicted octanol–water partition coefficient (Wildman–Crippen LogP) is 2.43. The molecular weight excluding hydrogens is 408 g/mol. The molecule has 1 aliphatic heterocycles. The van der Waals surface area contributed by atoms with Crippen LogP contribution in [-0.2, 0) is 16.6 Å². The zero-order chi connectivity index (χ0) is 21.7. The molecule has 9 heteroatoms. The third-order valence-corrected chi connectivity index (χ3v) is 6.92. The predicted molar refractivity (Wildman–Crippen MR) is 112 cm³/mol. The minimum absolute atomic E-state index is 0.250. The molecule has 1 heterocycles. The summed E-state index contributed by atoms with van der Waals surface area (Å²) in [6.07, 6.45) is 1.79. The molecule has 1 amide bonds. The van der Waals surface area contributed by atoms with Crippen molar-refractivity contribution in [3.8, 4) is 17.2 Å². The van der Waals surface area contributed by atoms with Crippen LogP contribution in [0.4, 0.5) is 0 Å². The summed E-state index contributed by atoms with van der Waals surface area (Å²) in [5, 5.41) is 2.82. The SMILES string of the molecule is COc1cc(C(=O)NCc2ccc(S(=O)(=O)N3CCCC3)cc2)cc(OC)c1OC. The molecule has 162 valence electrons. The highest BCUT2D eigenvalue weighted by Crippen LogP contribution is 2.38. The molecule has 0 aliphatic carbocycles. The van der Waals surface area contributed by atoms with Gasteiger partial charge in [-0.05, 0) is 42.7 Å². The van der Waals surface area contributed by atoms with E-state index in [0.29, 0.717) is 35.9 Å². The number of ether oxygens (including phenoxy) is 3. The summed E-state index contributed by atoms with van der Waals surface area (Å²) in [6.45, 7) is 1.38. The van der Waals surface area contributed by atoms with Crippen LogP contribution >= 0.6 is 0 Å². The Balaban J connectivity index is 1.69. The molecule has 3 rings (SSSR count). The van der Waals surface area contributed by atoms with Gasteiger partial charge < -0.3 is 19.5 Å². The fourth-order valence-electron chi connectivity index (χ4n) is 3.35. The summed E-state index contributed by atoms with van der Waals surface area (Å²) in [7, 11) is 1.01. The molecule has 8 nitrogen and oxygen atoms in total. The van der Waals surface area contributed by atoms with Crippen molar-refractivity contribution in [2.24, 2.45) is 0 Å². The minimum Gasteiger partial charge on any atom is -0.493 e. The van der Waals surface area contributed by atoms with Gasteiger partial charge in [-0.1, -0.05) is 12.1 Å². The van der Waals surface area contributed by atoms with Crippen LogP contribution in [0.3, 0.4) is 0 Å². The second-order valence-electron chi connectivity index (χ2n) is 6.85. The molecule has 2 aromatic carbocycles. The van der Waals surface area contributed by atoms with Gasteiger partial charge in [0.15, 0.2) is 11.5 Å². The third-order valence-electron chi connectivity index (χ3n) is 5.01. The van der Waals surface area contributed by atoms with Crippen molar-refractivity contribution >= 4 is 15.9 Å². The molecule has 0 aromatic heterocycles. The van der Waals surface area contributed by atoms with Crippen LogP contribution in [0.1, 0.15) is 28.8 Å². The quantitative estimate of drug-likeness (QED) is 0.686. The molecule has 0 unspecified atom stereocenters. The first-order chi connectivity index (χ1) is 14.4. The fraction of sp³-hybridized carbons (Fsp3) is 0.381. The van der Waals surface area contributed by atoms with Gasteiger partial charge in [-0.15, -0.1) is 0 Å². The Morgan fingerprint density at radius 2 is 1.53 bits per heavy atom. The lowest BCUT2D eigenvalue weighted by Gasteiger charge is -2.16. The molecule has 1 N–H and O–H groups in total. The van der Waals surface area contributed by atoms with Gasteiger partial charge in [0.05, 0.1) is 26.2 Å². The normalized spacial score (nSPS) is 14.4. The van der Waals surface area contributed by atoms with Crippen molar-refractivity contribution in [2.75, 3.05) is 34.4 Å². The lowest BCUT2D eigenvalue weighted by Crippen LogP contribution is -2.28. The number of amides is 1. The Morgan fingerprint density at radius 3 is 2.03 bits per heavy atom. The molecule has 1 saturated heterocycles. The van der Waals surface area contributed by atoms with Crippen molar-refractivity contribution in [1.29, 1.82) is 0 Å². The summed E-state index contributed by atoms with van der Waals surface area (Å²) < 4.78 is 42.5. The van der Waals surface area contributed by atoms with Crippen molar-refractivity contribution in [3.63, 3.8) is 0 Å². The van der Waals surface area contributed by atoms with E-state index in [-0.39, 0.29) is 17.3 Å². The summed E-state index contributed by atoms with van der Waals surface area (Å²) in [5.41, 5.74) is 1.15. The lowest BCUT2D eigenvalue weighted by atomic mass is 10.1. The number of carbonyl (C=O) groups excluding carboxylic acids is 1. The van der Waals surface area contributed by atoms with Gasteiger partial charge in [-0.25, -0.2) is 8.42 Å². The molecule has 0 radical (unpaired) electrons. The van der Waals surface area contributed by atoms with Gasteiger partial charge in [-0.2, -0.15) is 4.31 Å². The van der Waals surface area contributed by atoms with E-state index >= 15 is 0 Å². The van der Waals surface area contributed by atoms with Gasteiger partial charge in [0.1, 0.15) is 0 Å². The first-order valence-electron chi connectivity index (χ1n) is 9.58. The largest absolute Gasteiger partial charge is 0.493 e. The van der Waals surface area contributed by atoms with E-state index in [1.807, 2.05) is 0 Å². The van der Waals surface area contributed by atoms with E-state index in [1.165, 1.54) is 25.6 Å². The van der Waals surface area contributed by atoms with Gasteiger partial charge >= 0.3 is 0 Å². The second kappa shape index (κ2) is 9.36. The third kappa shape index (κ3) is 4.52. The van der Waals surface area contributed by atoms with Crippen LogP contribution < -0.4 is 19.5 Å². The number of rotatable bonds is 8. The lowest BCUT2D eigenvalue weighted by molar-refractivity contribution is 0.0950. The van der Waals surface area contributed by atoms with Gasteiger partial charge in [0.2, 0.25) is 15.8 Å². The van der Waals surface area contributed by atoms with E-state index < -0.39 is 10.0 Å². The number of nitrogens with one attached hydrogen (secondary N) is 1. The first-order valence-corrected chi connectivity index (χ1v) is 11.0. The highest BCUT2D eigenvalue weighted by molar-refractivity contribution is 7.89. The maximum absolute atomic E-state index is 12.6. The highest BCUT2D eigenvalue weighted by atomic mass is 32.2. The van der Waals surface area contributed by atoms with Crippen LogP contribution in [0.15, 0.2) is 41.3 Å². The first kappa shape index (κ1) is 21.9. The molecule has 0 atom stereocenters. The molecule has 2 aromatic rings. The number of sulfonamides is 1. The molecule has 0 bridgehead atoms. The zero-order valence-corrected chi connectivity index (χ0v) is 18.1. The Labute approximate surface area is 176 Å². The fourth-order valence-corrected chi connectivity index (χ4v) is 4.87. The van der Waals surface area contributed by atoms with E-state index in [1.54, 1.807) is 36.4 Å².